The average Bonchev–Trinajstić information content (AvgIpc) is 2.96. The smallest absolute Gasteiger partial charge is 0.191 e. The Morgan fingerprint density at radius 2 is 1.96 bits per heavy atom. The molecular weight excluding hydrogens is 405 g/mol. The standard InChI is InChI=1S/C17H35N3O2.HI/c1-5-17(6-2,10-11-21)14-20-15(18-7-3)19-13-16(4)9-8-12-22-16;/h21H,5-14H2,1-4H3,(H2,18,19,20);1H. The highest BCUT2D eigenvalue weighted by molar-refractivity contribution is 14.0. The highest BCUT2D eigenvalue weighted by Gasteiger charge is 2.30. The number of hydrogen-bond donors (Lipinski definition) is 3. The summed E-state index contributed by atoms with van der Waals surface area (Å²) in [5.41, 5.74) is 0.0265. The van der Waals surface area contributed by atoms with Crippen LogP contribution in [0.25, 0.3) is 0 Å². The van der Waals surface area contributed by atoms with E-state index in [1.165, 1.54) is 0 Å². The third-order valence-corrected chi connectivity index (χ3v) is 4.99. The van der Waals surface area contributed by atoms with E-state index < -0.39 is 0 Å². The third-order valence-electron chi connectivity index (χ3n) is 4.99. The van der Waals surface area contributed by atoms with Crippen LogP contribution in [0.2, 0.25) is 0 Å². The van der Waals surface area contributed by atoms with E-state index in [4.69, 9.17) is 9.73 Å². The number of ether oxygens (including phenoxy) is 1. The number of guanidine groups is 1. The molecule has 0 aromatic rings. The van der Waals surface area contributed by atoms with Crippen LogP contribution in [0.4, 0.5) is 0 Å². The van der Waals surface area contributed by atoms with Crippen molar-refractivity contribution >= 4 is 29.9 Å². The molecule has 0 radical (unpaired) electrons. The number of nitrogens with zero attached hydrogens (tertiary/aromatic N) is 1. The van der Waals surface area contributed by atoms with Crippen LogP contribution in [0.3, 0.4) is 0 Å². The van der Waals surface area contributed by atoms with E-state index in [1.54, 1.807) is 0 Å². The number of aliphatic imine (C=N–C) groups is 1. The van der Waals surface area contributed by atoms with Gasteiger partial charge in [0.05, 0.1) is 5.60 Å². The molecule has 0 aromatic heterocycles. The van der Waals surface area contributed by atoms with E-state index in [0.29, 0.717) is 0 Å². The molecule has 1 rings (SSSR count). The molecule has 1 saturated heterocycles. The molecular formula is C17H36IN3O2. The van der Waals surface area contributed by atoms with Crippen LogP contribution in [0.1, 0.15) is 59.8 Å². The van der Waals surface area contributed by atoms with Crippen molar-refractivity contribution < 1.29 is 9.84 Å². The number of halogens is 1. The predicted octanol–water partition coefficient (Wildman–Crippen LogP) is 2.92. The van der Waals surface area contributed by atoms with Gasteiger partial charge in [-0.15, -0.1) is 24.0 Å². The lowest BCUT2D eigenvalue weighted by molar-refractivity contribution is 0.0242. The van der Waals surface area contributed by atoms with Crippen molar-refractivity contribution in [2.24, 2.45) is 10.4 Å². The maximum absolute atomic E-state index is 9.32. The van der Waals surface area contributed by atoms with Gasteiger partial charge < -0.3 is 20.5 Å². The summed E-state index contributed by atoms with van der Waals surface area (Å²) in [5, 5.41) is 16.0. The number of rotatable bonds is 9. The molecule has 3 N–H and O–H groups in total. The van der Waals surface area contributed by atoms with E-state index in [0.717, 1.165) is 64.3 Å². The van der Waals surface area contributed by atoms with E-state index in [2.05, 4.69) is 38.3 Å². The fourth-order valence-electron chi connectivity index (χ4n) is 2.98. The van der Waals surface area contributed by atoms with E-state index >= 15 is 0 Å². The van der Waals surface area contributed by atoms with Crippen LogP contribution in [-0.2, 0) is 4.74 Å². The maximum Gasteiger partial charge on any atom is 0.191 e. The third kappa shape index (κ3) is 7.56. The Bertz CT molecular complexity index is 341. The second kappa shape index (κ2) is 11.5. The Morgan fingerprint density at radius 1 is 1.26 bits per heavy atom. The van der Waals surface area contributed by atoms with Crippen molar-refractivity contribution in [1.82, 2.24) is 10.6 Å². The summed E-state index contributed by atoms with van der Waals surface area (Å²) in [6.45, 7) is 12.1. The van der Waals surface area contributed by atoms with Gasteiger partial charge in [0.2, 0.25) is 0 Å². The highest BCUT2D eigenvalue weighted by atomic mass is 127. The fourth-order valence-corrected chi connectivity index (χ4v) is 2.98. The minimum absolute atomic E-state index is 0. The van der Waals surface area contributed by atoms with Gasteiger partial charge >= 0.3 is 0 Å². The molecule has 6 heteroatoms. The van der Waals surface area contributed by atoms with Crippen molar-refractivity contribution in [3.8, 4) is 0 Å². The van der Waals surface area contributed by atoms with Crippen molar-refractivity contribution in [1.29, 1.82) is 0 Å². The molecule has 23 heavy (non-hydrogen) atoms. The lowest BCUT2D eigenvalue weighted by atomic mass is 9.79. The normalized spacial score (nSPS) is 21.9. The van der Waals surface area contributed by atoms with E-state index in [9.17, 15) is 5.11 Å². The molecule has 1 aliphatic rings. The Kier molecular flexibility index (Phi) is 11.4. The van der Waals surface area contributed by atoms with E-state index in [1.807, 2.05) is 0 Å². The van der Waals surface area contributed by atoms with Crippen LogP contribution in [-0.4, -0.2) is 49.5 Å². The summed E-state index contributed by atoms with van der Waals surface area (Å²) in [6, 6.07) is 0. The van der Waals surface area contributed by atoms with Gasteiger partial charge in [-0.05, 0) is 51.4 Å². The van der Waals surface area contributed by atoms with Crippen molar-refractivity contribution in [3.05, 3.63) is 0 Å². The minimum atomic E-state index is -0.0755. The molecule has 0 bridgehead atoms. The largest absolute Gasteiger partial charge is 0.396 e. The zero-order chi connectivity index (χ0) is 16.5. The van der Waals surface area contributed by atoms with Crippen LogP contribution in [0.15, 0.2) is 4.99 Å². The second-order valence-corrected chi connectivity index (χ2v) is 6.63. The molecule has 0 saturated carbocycles. The zero-order valence-corrected chi connectivity index (χ0v) is 17.6. The highest BCUT2D eigenvalue weighted by Crippen LogP contribution is 2.30. The molecule has 138 valence electrons. The number of nitrogens with one attached hydrogen (secondary N) is 2. The van der Waals surface area contributed by atoms with Crippen LogP contribution >= 0.6 is 24.0 Å². The monoisotopic (exact) mass is 441 g/mol. The SMILES string of the molecule is CCNC(=NCC(CC)(CC)CCO)NCC1(C)CCCO1.I. The summed E-state index contributed by atoms with van der Waals surface area (Å²) in [4.78, 5) is 4.77. The van der Waals surface area contributed by atoms with Crippen molar-refractivity contribution in [2.75, 3.05) is 32.8 Å². The maximum atomic E-state index is 9.32. The van der Waals surface area contributed by atoms with Gasteiger partial charge in [0, 0.05) is 32.8 Å². The number of aliphatic hydroxyl groups excluding tert-OH is 1. The summed E-state index contributed by atoms with van der Waals surface area (Å²) >= 11 is 0. The first kappa shape index (κ1) is 22.9. The van der Waals surface area contributed by atoms with Gasteiger partial charge in [-0.2, -0.15) is 0 Å². The molecule has 5 nitrogen and oxygen atoms in total. The lowest BCUT2D eigenvalue weighted by Crippen LogP contribution is -2.46. The first-order chi connectivity index (χ1) is 10.5. The van der Waals surface area contributed by atoms with Crippen LogP contribution in [0, 0.1) is 5.41 Å². The topological polar surface area (TPSA) is 65.9 Å². The average molecular weight is 441 g/mol. The van der Waals surface area contributed by atoms with Gasteiger partial charge in [0.1, 0.15) is 0 Å². The minimum Gasteiger partial charge on any atom is -0.396 e. The first-order valence-corrected chi connectivity index (χ1v) is 8.80. The molecule has 1 unspecified atom stereocenters. The Morgan fingerprint density at radius 3 is 2.43 bits per heavy atom. The van der Waals surface area contributed by atoms with Gasteiger partial charge in [0.25, 0.3) is 0 Å². The van der Waals surface area contributed by atoms with E-state index in [-0.39, 0.29) is 41.6 Å². The van der Waals surface area contributed by atoms with Crippen LogP contribution < -0.4 is 10.6 Å². The molecule has 0 amide bonds. The molecule has 1 atom stereocenters. The molecule has 0 aliphatic carbocycles. The Balaban J connectivity index is 0.00000484. The number of aliphatic hydroxyl groups is 1. The van der Waals surface area contributed by atoms with Gasteiger partial charge in [0.15, 0.2) is 5.96 Å². The zero-order valence-electron chi connectivity index (χ0n) is 15.3. The lowest BCUT2D eigenvalue weighted by Gasteiger charge is -2.30. The summed E-state index contributed by atoms with van der Waals surface area (Å²) in [5.74, 6) is 0.850. The second-order valence-electron chi connectivity index (χ2n) is 6.63. The van der Waals surface area contributed by atoms with Crippen LogP contribution in [0.5, 0.6) is 0 Å². The quantitative estimate of drug-likeness (QED) is 0.293. The summed E-state index contributed by atoms with van der Waals surface area (Å²) in [7, 11) is 0. The van der Waals surface area contributed by atoms with Gasteiger partial charge in [-0.25, -0.2) is 0 Å². The molecule has 0 aromatic carbocycles. The summed E-state index contributed by atoms with van der Waals surface area (Å²) < 4.78 is 5.82. The predicted molar refractivity (Wildman–Crippen MR) is 108 cm³/mol. The molecule has 1 fully saturated rings. The van der Waals surface area contributed by atoms with Gasteiger partial charge in [-0.1, -0.05) is 13.8 Å². The fraction of sp³-hybridized carbons (Fsp3) is 0.941. The Hall–Kier alpha value is -0.0800. The van der Waals surface area contributed by atoms with Crippen molar-refractivity contribution in [2.45, 2.75) is 65.4 Å². The number of hydrogen-bond acceptors (Lipinski definition) is 3. The van der Waals surface area contributed by atoms with Gasteiger partial charge in [-0.3, -0.25) is 4.99 Å². The van der Waals surface area contributed by atoms with Crippen molar-refractivity contribution in [3.63, 3.8) is 0 Å². The summed E-state index contributed by atoms with van der Waals surface area (Å²) in [6.07, 6.45) is 5.11. The first-order valence-electron chi connectivity index (χ1n) is 8.80. The Labute approximate surface area is 159 Å². The molecule has 1 heterocycles. The molecule has 1 aliphatic heterocycles. The molecule has 0 spiro atoms.